The van der Waals surface area contributed by atoms with E-state index in [9.17, 15) is 19.6 Å². The number of nitriles is 1. The molecule has 2 aliphatic heterocycles. The van der Waals surface area contributed by atoms with Crippen LogP contribution in [0.15, 0.2) is 9.70 Å². The average molecular weight is 545 g/mol. The Balaban J connectivity index is 2.20. The predicted molar refractivity (Wildman–Crippen MR) is 151 cm³/mol. The number of pyridine rings is 1. The molecule has 10 heteroatoms. The standard InChI is InChI=1S/C27H36N4O4S2/c1-6-8-12-30-23(29-11-9-10-19(16-29)26(34)35-7-2)20(18(5)21(14-28)24(30)32)13-22-25(33)31(15-17(3)4)27(36)37-22/h13,17,19H,6-12,15-16H2,1-5H3. The number of carbonyl (C=O) groups is 2. The second kappa shape index (κ2) is 12.7. The third-order valence-electron chi connectivity index (χ3n) is 6.62. The predicted octanol–water partition coefficient (Wildman–Crippen LogP) is 4.47. The van der Waals surface area contributed by atoms with Crippen molar-refractivity contribution in [1.82, 2.24) is 9.47 Å². The number of aromatic nitrogens is 1. The number of nitrogens with zero attached hydrogens (tertiary/aromatic N) is 4. The van der Waals surface area contributed by atoms with Crippen molar-refractivity contribution >= 4 is 52.1 Å². The molecule has 1 amide bonds. The van der Waals surface area contributed by atoms with Gasteiger partial charge in [-0.2, -0.15) is 5.26 Å². The van der Waals surface area contributed by atoms with Crippen LogP contribution >= 0.6 is 24.0 Å². The Bertz CT molecular complexity index is 1200. The monoisotopic (exact) mass is 544 g/mol. The number of hydrogen-bond acceptors (Lipinski definition) is 8. The fourth-order valence-corrected chi connectivity index (χ4v) is 6.04. The molecule has 1 aromatic rings. The first-order valence-corrected chi connectivity index (χ1v) is 14.2. The molecule has 0 aliphatic carbocycles. The highest BCUT2D eigenvalue weighted by Crippen LogP contribution is 2.37. The van der Waals surface area contributed by atoms with E-state index in [-0.39, 0.29) is 34.8 Å². The Morgan fingerprint density at radius 2 is 2.05 bits per heavy atom. The quantitative estimate of drug-likeness (QED) is 0.255. The summed E-state index contributed by atoms with van der Waals surface area (Å²) in [7, 11) is 0. The molecule has 0 radical (unpaired) electrons. The molecule has 2 aliphatic rings. The van der Waals surface area contributed by atoms with Crippen LogP contribution in [-0.4, -0.2) is 51.9 Å². The second-order valence-electron chi connectivity index (χ2n) is 9.88. The summed E-state index contributed by atoms with van der Waals surface area (Å²) in [6.07, 6.45) is 4.89. The minimum absolute atomic E-state index is 0.0720. The number of piperidine rings is 1. The van der Waals surface area contributed by atoms with E-state index in [4.69, 9.17) is 17.0 Å². The lowest BCUT2D eigenvalue weighted by Gasteiger charge is -2.36. The van der Waals surface area contributed by atoms with Gasteiger partial charge in [0.05, 0.1) is 17.4 Å². The van der Waals surface area contributed by atoms with Crippen molar-refractivity contribution in [3.8, 4) is 6.07 Å². The van der Waals surface area contributed by atoms with E-state index >= 15 is 0 Å². The van der Waals surface area contributed by atoms with Gasteiger partial charge in [0.25, 0.3) is 11.5 Å². The molecular weight excluding hydrogens is 508 g/mol. The zero-order valence-corrected chi connectivity index (χ0v) is 24.0. The summed E-state index contributed by atoms with van der Waals surface area (Å²) < 4.78 is 7.45. The van der Waals surface area contributed by atoms with Crippen molar-refractivity contribution in [3.63, 3.8) is 0 Å². The molecule has 8 nitrogen and oxygen atoms in total. The summed E-state index contributed by atoms with van der Waals surface area (Å²) >= 11 is 6.74. The summed E-state index contributed by atoms with van der Waals surface area (Å²) in [5.74, 6) is 0.195. The molecule has 200 valence electrons. The van der Waals surface area contributed by atoms with Gasteiger partial charge in [-0.1, -0.05) is 51.2 Å². The van der Waals surface area contributed by atoms with Crippen molar-refractivity contribution in [2.24, 2.45) is 11.8 Å². The van der Waals surface area contributed by atoms with Crippen LogP contribution in [0.4, 0.5) is 5.82 Å². The van der Waals surface area contributed by atoms with Crippen molar-refractivity contribution in [3.05, 3.63) is 31.9 Å². The molecular formula is C27H36N4O4S2. The van der Waals surface area contributed by atoms with E-state index in [0.717, 1.165) is 19.3 Å². The Morgan fingerprint density at radius 1 is 1.32 bits per heavy atom. The smallest absolute Gasteiger partial charge is 0.310 e. The van der Waals surface area contributed by atoms with E-state index in [1.165, 1.54) is 11.8 Å². The van der Waals surface area contributed by atoms with Gasteiger partial charge in [-0.05, 0) is 50.7 Å². The van der Waals surface area contributed by atoms with Crippen LogP contribution in [0.2, 0.25) is 0 Å². The number of amides is 1. The lowest BCUT2D eigenvalue weighted by Crippen LogP contribution is -2.43. The summed E-state index contributed by atoms with van der Waals surface area (Å²) in [6, 6.07) is 2.09. The highest BCUT2D eigenvalue weighted by Gasteiger charge is 2.35. The second-order valence-corrected chi connectivity index (χ2v) is 11.6. The first-order valence-electron chi connectivity index (χ1n) is 13.0. The van der Waals surface area contributed by atoms with E-state index < -0.39 is 0 Å². The van der Waals surface area contributed by atoms with Crippen LogP contribution in [0, 0.1) is 30.1 Å². The lowest BCUT2D eigenvalue weighted by molar-refractivity contribution is -0.148. The highest BCUT2D eigenvalue weighted by molar-refractivity contribution is 8.26. The Morgan fingerprint density at radius 3 is 2.68 bits per heavy atom. The third-order valence-corrected chi connectivity index (χ3v) is 8.00. The van der Waals surface area contributed by atoms with Crippen molar-refractivity contribution in [1.29, 1.82) is 5.26 Å². The topological polar surface area (TPSA) is 95.6 Å². The lowest BCUT2D eigenvalue weighted by atomic mass is 9.96. The molecule has 1 unspecified atom stereocenters. The first-order chi connectivity index (χ1) is 17.6. The third kappa shape index (κ3) is 6.27. The molecule has 0 saturated carbocycles. The zero-order chi connectivity index (χ0) is 27.3. The van der Waals surface area contributed by atoms with Crippen LogP contribution in [0.1, 0.15) is 70.1 Å². The number of thioether (sulfide) groups is 1. The summed E-state index contributed by atoms with van der Waals surface area (Å²) in [4.78, 5) is 43.5. The number of thiocarbonyl (C=S) groups is 1. The number of hydrogen-bond donors (Lipinski definition) is 0. The average Bonchev–Trinajstić information content (AvgIpc) is 3.12. The van der Waals surface area contributed by atoms with Gasteiger partial charge < -0.3 is 9.64 Å². The molecule has 3 heterocycles. The van der Waals surface area contributed by atoms with Crippen LogP contribution < -0.4 is 10.5 Å². The number of ether oxygens (including phenoxy) is 1. The van der Waals surface area contributed by atoms with Crippen LogP contribution in [0.3, 0.4) is 0 Å². The number of esters is 1. The largest absolute Gasteiger partial charge is 0.466 e. The van der Waals surface area contributed by atoms with Gasteiger partial charge in [0.2, 0.25) is 0 Å². The van der Waals surface area contributed by atoms with E-state index in [2.05, 4.69) is 11.0 Å². The van der Waals surface area contributed by atoms with Crippen molar-refractivity contribution in [2.75, 3.05) is 31.1 Å². The molecule has 0 spiro atoms. The van der Waals surface area contributed by atoms with E-state index in [1.807, 2.05) is 20.8 Å². The Hall–Kier alpha value is -2.64. The normalized spacial score (nSPS) is 19.2. The molecule has 1 atom stereocenters. The molecule has 3 rings (SSSR count). The van der Waals surface area contributed by atoms with Crippen LogP contribution in [0.5, 0.6) is 0 Å². The number of rotatable bonds is 9. The Labute approximate surface area is 228 Å². The zero-order valence-electron chi connectivity index (χ0n) is 22.3. The number of anilines is 1. The SMILES string of the molecule is CCCCn1c(N2CCCC(C(=O)OCC)C2)c(C=C2SC(=S)N(CC(C)C)C2=O)c(C)c(C#N)c1=O. The maximum absolute atomic E-state index is 13.5. The highest BCUT2D eigenvalue weighted by atomic mass is 32.2. The molecule has 2 saturated heterocycles. The molecule has 0 N–H and O–H groups in total. The fraction of sp³-hybridized carbons (Fsp3) is 0.593. The van der Waals surface area contributed by atoms with Gasteiger partial charge in [-0.25, -0.2) is 0 Å². The molecule has 0 bridgehead atoms. The maximum Gasteiger partial charge on any atom is 0.310 e. The van der Waals surface area contributed by atoms with Gasteiger partial charge in [0, 0.05) is 31.7 Å². The van der Waals surface area contributed by atoms with E-state index in [1.54, 1.807) is 29.4 Å². The summed E-state index contributed by atoms with van der Waals surface area (Å²) in [5, 5.41) is 9.88. The van der Waals surface area contributed by atoms with Crippen LogP contribution in [-0.2, 0) is 20.9 Å². The van der Waals surface area contributed by atoms with Gasteiger partial charge >= 0.3 is 5.97 Å². The molecule has 37 heavy (non-hydrogen) atoms. The van der Waals surface area contributed by atoms with Gasteiger partial charge in [0.15, 0.2) is 0 Å². The van der Waals surface area contributed by atoms with Crippen molar-refractivity contribution < 1.29 is 14.3 Å². The fourth-order valence-electron chi connectivity index (χ4n) is 4.78. The van der Waals surface area contributed by atoms with Gasteiger partial charge in [-0.15, -0.1) is 0 Å². The van der Waals surface area contributed by atoms with Gasteiger partial charge in [0.1, 0.15) is 21.8 Å². The van der Waals surface area contributed by atoms with Crippen LogP contribution in [0.25, 0.3) is 6.08 Å². The Kier molecular flexibility index (Phi) is 9.96. The van der Waals surface area contributed by atoms with E-state index in [0.29, 0.717) is 65.4 Å². The van der Waals surface area contributed by atoms with Gasteiger partial charge in [-0.3, -0.25) is 23.9 Å². The molecule has 2 fully saturated rings. The maximum atomic E-state index is 13.5. The molecule has 0 aromatic carbocycles. The van der Waals surface area contributed by atoms with Crippen molar-refractivity contribution in [2.45, 2.75) is 66.8 Å². The minimum atomic E-state index is -0.341. The minimum Gasteiger partial charge on any atom is -0.466 e. The molecule has 1 aromatic heterocycles. The summed E-state index contributed by atoms with van der Waals surface area (Å²) in [6.45, 7) is 12.0. The summed E-state index contributed by atoms with van der Waals surface area (Å²) in [5.41, 5.74) is 0.915. The number of unbranched alkanes of at least 4 members (excludes halogenated alkanes) is 1. The number of carbonyl (C=O) groups excluding carboxylic acids is 2. The first kappa shape index (κ1) is 28.9.